The van der Waals surface area contributed by atoms with Gasteiger partial charge >= 0.3 is 0 Å². The number of hydrogen-bond donors (Lipinski definition) is 1. The lowest BCUT2D eigenvalue weighted by Crippen LogP contribution is -2.30. The van der Waals surface area contributed by atoms with Crippen LogP contribution >= 0.6 is 0 Å². The van der Waals surface area contributed by atoms with Crippen LogP contribution in [-0.2, 0) is 0 Å². The van der Waals surface area contributed by atoms with Crippen molar-refractivity contribution in [2.45, 2.75) is 52.0 Å². The Kier molecular flexibility index (Phi) is 2.16. The molecule has 12 heavy (non-hydrogen) atoms. The molecule has 0 bridgehead atoms. The Labute approximate surface area is 77.4 Å². The van der Waals surface area contributed by atoms with Gasteiger partial charge in [-0.25, -0.2) is 0 Å². The van der Waals surface area contributed by atoms with Gasteiger partial charge in [0, 0.05) is 7.47 Å². The first-order chi connectivity index (χ1) is 5.70. The topological polar surface area (TPSA) is 12.0 Å². The third-order valence-corrected chi connectivity index (χ3v) is 3.47. The van der Waals surface area contributed by atoms with Crippen molar-refractivity contribution in [2.24, 2.45) is 11.3 Å². The van der Waals surface area contributed by atoms with Crippen molar-refractivity contribution >= 4 is 0 Å². The first kappa shape index (κ1) is 8.55. The van der Waals surface area contributed by atoms with E-state index >= 15 is 0 Å². The zero-order chi connectivity index (χ0) is 8.60. The quantitative estimate of drug-likeness (QED) is 0.685. The van der Waals surface area contributed by atoms with Crippen LogP contribution in [0.15, 0.2) is 0 Å². The maximum atomic E-state index is 3.68. The van der Waals surface area contributed by atoms with E-state index in [9.17, 15) is 0 Å². The number of nitrogens with one attached hydrogen (secondary N) is 1. The molecule has 2 rings (SSSR count). The molecule has 1 spiro atoms. The van der Waals surface area contributed by atoms with E-state index in [1.54, 1.807) is 0 Å². The van der Waals surface area contributed by atoms with Crippen LogP contribution in [0.5, 0.6) is 0 Å². The summed E-state index contributed by atoms with van der Waals surface area (Å²) in [7, 11) is 0. The average Bonchev–Trinajstić information content (AvgIpc) is 2.60. The Balaban J connectivity index is 0.000000845. The van der Waals surface area contributed by atoms with E-state index in [1.165, 1.54) is 38.6 Å². The number of rotatable bonds is 3. The fraction of sp³-hybridized carbons (Fsp3) is 1.00. The van der Waals surface area contributed by atoms with Gasteiger partial charge < -0.3 is 5.32 Å². The van der Waals surface area contributed by atoms with E-state index in [-0.39, 0.29) is 1.43 Å². The highest BCUT2D eigenvalue weighted by Crippen LogP contribution is 2.57. The van der Waals surface area contributed by atoms with E-state index in [1.807, 2.05) is 0 Å². The van der Waals surface area contributed by atoms with E-state index < -0.39 is 0 Å². The molecule has 1 N–H and O–H groups in total. The lowest BCUT2D eigenvalue weighted by molar-refractivity contribution is 0.444. The van der Waals surface area contributed by atoms with E-state index in [0.717, 1.165) is 17.4 Å². The van der Waals surface area contributed by atoms with Gasteiger partial charge in [0.05, 0.1) is 0 Å². The molecule has 0 heterocycles. The first-order valence-corrected chi connectivity index (χ1v) is 5.44. The van der Waals surface area contributed by atoms with E-state index in [4.69, 9.17) is 0 Å². The van der Waals surface area contributed by atoms with Crippen molar-refractivity contribution in [1.29, 1.82) is 0 Å². The van der Waals surface area contributed by atoms with Crippen LogP contribution in [0.4, 0.5) is 0 Å². The second-order valence-electron chi connectivity index (χ2n) is 5.24. The second-order valence-corrected chi connectivity index (χ2v) is 5.24. The zero-order valence-electron chi connectivity index (χ0n) is 8.40. The van der Waals surface area contributed by atoms with Crippen LogP contribution in [0.25, 0.3) is 0 Å². The van der Waals surface area contributed by atoms with Gasteiger partial charge in [-0.2, -0.15) is 0 Å². The van der Waals surface area contributed by atoms with Crippen LogP contribution < -0.4 is 5.32 Å². The zero-order valence-corrected chi connectivity index (χ0v) is 8.40. The Morgan fingerprint density at radius 3 is 2.67 bits per heavy atom. The molecule has 2 fully saturated rings. The predicted octanol–water partition coefficient (Wildman–Crippen LogP) is 2.81. The highest BCUT2D eigenvalue weighted by molar-refractivity contribution is 5.01. The molecule has 0 aromatic rings. The standard InChI is InChI=1S/C11H21N.H2/c1-9(2)8-12-10-3-4-11(7-10)5-6-11;/h9-10,12H,3-8H2,1-2H3;1H. The van der Waals surface area contributed by atoms with Crippen LogP contribution in [0, 0.1) is 11.3 Å². The van der Waals surface area contributed by atoms with Gasteiger partial charge in [-0.1, -0.05) is 13.8 Å². The fourth-order valence-electron chi connectivity index (χ4n) is 2.41. The van der Waals surface area contributed by atoms with Crippen molar-refractivity contribution in [3.05, 3.63) is 0 Å². The fourth-order valence-corrected chi connectivity index (χ4v) is 2.41. The molecule has 1 heteroatoms. The van der Waals surface area contributed by atoms with Gasteiger partial charge in [0.15, 0.2) is 0 Å². The summed E-state index contributed by atoms with van der Waals surface area (Å²) < 4.78 is 0. The van der Waals surface area contributed by atoms with Crippen molar-refractivity contribution in [3.63, 3.8) is 0 Å². The normalized spacial score (nSPS) is 31.8. The third kappa shape index (κ3) is 1.82. The molecule has 0 amide bonds. The summed E-state index contributed by atoms with van der Waals surface area (Å²) in [6.07, 6.45) is 7.45. The highest BCUT2D eigenvalue weighted by atomic mass is 14.9. The van der Waals surface area contributed by atoms with E-state index in [0.29, 0.717) is 0 Å². The van der Waals surface area contributed by atoms with Gasteiger partial charge in [-0.3, -0.25) is 0 Å². The van der Waals surface area contributed by atoms with Gasteiger partial charge in [0.2, 0.25) is 0 Å². The molecule has 0 aliphatic heterocycles. The largest absolute Gasteiger partial charge is 0.314 e. The van der Waals surface area contributed by atoms with Crippen molar-refractivity contribution in [3.8, 4) is 0 Å². The maximum absolute atomic E-state index is 3.68. The highest BCUT2D eigenvalue weighted by Gasteiger charge is 2.47. The van der Waals surface area contributed by atoms with Crippen LogP contribution in [0.1, 0.15) is 47.4 Å². The monoisotopic (exact) mass is 169 g/mol. The molecule has 2 saturated carbocycles. The smallest absolute Gasteiger partial charge is 0.00726 e. The summed E-state index contributed by atoms with van der Waals surface area (Å²) in [5.74, 6) is 0.806. The minimum Gasteiger partial charge on any atom is -0.314 e. The second kappa shape index (κ2) is 3.02. The van der Waals surface area contributed by atoms with Gasteiger partial charge in [0.25, 0.3) is 0 Å². The molecular weight excluding hydrogens is 146 g/mol. The summed E-state index contributed by atoms with van der Waals surface area (Å²) >= 11 is 0. The Hall–Kier alpha value is -0.0400. The molecule has 2 aliphatic carbocycles. The minimum absolute atomic E-state index is 0. The molecule has 0 saturated heterocycles. The van der Waals surface area contributed by atoms with Crippen molar-refractivity contribution in [1.82, 2.24) is 5.32 Å². The van der Waals surface area contributed by atoms with Crippen LogP contribution in [0.3, 0.4) is 0 Å². The minimum atomic E-state index is 0. The van der Waals surface area contributed by atoms with Gasteiger partial charge in [-0.05, 0) is 50.0 Å². The van der Waals surface area contributed by atoms with Crippen molar-refractivity contribution < 1.29 is 1.43 Å². The summed E-state index contributed by atoms with van der Waals surface area (Å²) in [5.41, 5.74) is 0.842. The van der Waals surface area contributed by atoms with Gasteiger partial charge in [-0.15, -0.1) is 0 Å². The molecule has 1 nitrogen and oxygen atoms in total. The third-order valence-electron chi connectivity index (χ3n) is 3.47. The molecule has 1 unspecified atom stereocenters. The Morgan fingerprint density at radius 1 is 1.42 bits per heavy atom. The lowest BCUT2D eigenvalue weighted by atomic mass is 10.1. The lowest BCUT2D eigenvalue weighted by Gasteiger charge is -2.14. The molecule has 0 aromatic carbocycles. The van der Waals surface area contributed by atoms with Crippen LogP contribution in [0.2, 0.25) is 0 Å². The predicted molar refractivity (Wildman–Crippen MR) is 54.3 cm³/mol. The molecule has 2 aliphatic rings. The molecule has 72 valence electrons. The summed E-state index contributed by atoms with van der Waals surface area (Å²) in [4.78, 5) is 0. The summed E-state index contributed by atoms with van der Waals surface area (Å²) in [6.45, 7) is 5.78. The molecule has 1 atom stereocenters. The summed E-state index contributed by atoms with van der Waals surface area (Å²) in [6, 6.07) is 0.856. The maximum Gasteiger partial charge on any atom is 0.00726 e. The average molecular weight is 169 g/mol. The molecule has 0 aromatic heterocycles. The summed E-state index contributed by atoms with van der Waals surface area (Å²) in [5, 5.41) is 3.68. The Bertz CT molecular complexity index is 163. The molecule has 0 radical (unpaired) electrons. The SMILES string of the molecule is CC(C)CNC1CCC2(CC2)C1.[HH]. The van der Waals surface area contributed by atoms with E-state index in [2.05, 4.69) is 19.2 Å². The first-order valence-electron chi connectivity index (χ1n) is 5.44. The van der Waals surface area contributed by atoms with Crippen molar-refractivity contribution in [2.75, 3.05) is 6.54 Å². The molecular formula is C11H23N. The van der Waals surface area contributed by atoms with Gasteiger partial charge in [0.1, 0.15) is 0 Å². The van der Waals surface area contributed by atoms with Crippen LogP contribution in [-0.4, -0.2) is 12.6 Å². The number of hydrogen-bond acceptors (Lipinski definition) is 1. The Morgan fingerprint density at radius 2 is 2.17 bits per heavy atom.